The van der Waals surface area contributed by atoms with Gasteiger partial charge in [0.05, 0.1) is 18.1 Å². The number of ether oxygens (including phenoxy) is 1. The van der Waals surface area contributed by atoms with Crippen molar-refractivity contribution in [2.24, 2.45) is 7.05 Å². The number of likely N-dealkylation sites (tertiary alicyclic amines) is 1. The molecule has 0 aliphatic carbocycles. The van der Waals surface area contributed by atoms with E-state index in [0.717, 1.165) is 52.4 Å². The Labute approximate surface area is 224 Å². The van der Waals surface area contributed by atoms with E-state index in [4.69, 9.17) is 4.74 Å². The second kappa shape index (κ2) is 10.3. The lowest BCUT2D eigenvalue weighted by Gasteiger charge is -2.33. The lowest BCUT2D eigenvalue weighted by Crippen LogP contribution is -2.48. The van der Waals surface area contributed by atoms with Gasteiger partial charge in [-0.05, 0) is 43.7 Å². The molecule has 5 aromatic rings. The van der Waals surface area contributed by atoms with Crippen LogP contribution in [0.25, 0.3) is 33.1 Å². The van der Waals surface area contributed by atoms with Crippen LogP contribution in [0, 0.1) is 5.82 Å². The van der Waals surface area contributed by atoms with Gasteiger partial charge in [0, 0.05) is 66.5 Å². The van der Waals surface area contributed by atoms with E-state index in [1.807, 2.05) is 31.4 Å². The minimum absolute atomic E-state index is 0.0681. The van der Waals surface area contributed by atoms with Crippen LogP contribution in [-0.4, -0.2) is 62.1 Å². The summed E-state index contributed by atoms with van der Waals surface area (Å²) in [4.78, 5) is 19.4. The number of hydrogen-bond donors (Lipinski definition) is 3. The van der Waals surface area contributed by atoms with Crippen molar-refractivity contribution in [2.45, 2.75) is 25.4 Å². The number of nitrogens with zero attached hydrogens (tertiary/aromatic N) is 5. The molecule has 10 nitrogen and oxygen atoms in total. The van der Waals surface area contributed by atoms with Crippen molar-refractivity contribution in [2.75, 3.05) is 25.5 Å². The summed E-state index contributed by atoms with van der Waals surface area (Å²) in [5.74, 6) is 0.661. The van der Waals surface area contributed by atoms with Gasteiger partial charge in [0.25, 0.3) is 0 Å². The molecule has 4 heterocycles. The lowest BCUT2D eigenvalue weighted by atomic mass is 10.0. The van der Waals surface area contributed by atoms with Gasteiger partial charge in [-0.15, -0.1) is 0 Å². The first-order valence-corrected chi connectivity index (χ1v) is 12.9. The molecule has 1 aliphatic rings. The summed E-state index contributed by atoms with van der Waals surface area (Å²) in [7, 11) is 3.44. The smallest absolute Gasteiger partial charge is 0.320 e. The van der Waals surface area contributed by atoms with E-state index in [1.165, 1.54) is 6.07 Å². The average molecular weight is 529 g/mol. The molecule has 39 heavy (non-hydrogen) atoms. The number of pyridine rings is 1. The summed E-state index contributed by atoms with van der Waals surface area (Å²) < 4.78 is 21.5. The molecule has 2 aromatic carbocycles. The highest BCUT2D eigenvalue weighted by atomic mass is 19.1. The van der Waals surface area contributed by atoms with Gasteiger partial charge in [-0.25, -0.2) is 14.2 Å². The summed E-state index contributed by atoms with van der Waals surface area (Å²) in [6.45, 7) is 1.86. The molecule has 0 bridgehead atoms. The Balaban J connectivity index is 1.10. The monoisotopic (exact) mass is 528 g/mol. The van der Waals surface area contributed by atoms with E-state index in [2.05, 4.69) is 35.8 Å². The molecule has 1 saturated heterocycles. The van der Waals surface area contributed by atoms with Crippen LogP contribution >= 0.6 is 0 Å². The van der Waals surface area contributed by atoms with E-state index in [-0.39, 0.29) is 17.9 Å². The van der Waals surface area contributed by atoms with E-state index in [1.54, 1.807) is 36.2 Å². The van der Waals surface area contributed by atoms with Gasteiger partial charge >= 0.3 is 6.03 Å². The van der Waals surface area contributed by atoms with Crippen molar-refractivity contribution in [3.8, 4) is 17.0 Å². The molecule has 1 aliphatic heterocycles. The zero-order valence-corrected chi connectivity index (χ0v) is 21.7. The molecule has 2 amide bonds. The van der Waals surface area contributed by atoms with E-state index >= 15 is 0 Å². The van der Waals surface area contributed by atoms with Crippen molar-refractivity contribution in [3.05, 3.63) is 66.2 Å². The molecular formula is C28H29FN8O2. The van der Waals surface area contributed by atoms with Crippen LogP contribution in [0.4, 0.5) is 15.0 Å². The van der Waals surface area contributed by atoms with Gasteiger partial charge in [0.15, 0.2) is 0 Å². The first-order valence-electron chi connectivity index (χ1n) is 12.9. The van der Waals surface area contributed by atoms with Gasteiger partial charge in [0.1, 0.15) is 23.1 Å². The van der Waals surface area contributed by atoms with Gasteiger partial charge in [-0.1, -0.05) is 12.1 Å². The van der Waals surface area contributed by atoms with Crippen molar-refractivity contribution in [3.63, 3.8) is 0 Å². The number of carbonyl (C=O) groups excluding carboxylic acids is 1. The van der Waals surface area contributed by atoms with E-state index in [0.29, 0.717) is 30.2 Å². The number of aromatic nitrogens is 5. The SMILES string of the molecule is COc1cccc(F)c1CN1CCCC(NC(=O)Nc2cc3[nH]nc(-c4ccc5nn(C)cc5c4)c3cn2)C1. The van der Waals surface area contributed by atoms with Crippen molar-refractivity contribution >= 4 is 33.7 Å². The fourth-order valence-corrected chi connectivity index (χ4v) is 5.26. The third-order valence-corrected chi connectivity index (χ3v) is 7.10. The standard InChI is InChI=1S/C28H29FN8O2/c1-36-14-18-11-17(8-9-23(18)35-36)27-20-13-30-26(12-24(20)33-34-27)32-28(38)31-19-5-4-10-37(15-19)16-21-22(29)6-3-7-25(21)39-2/h3,6-9,11-14,19H,4-5,10,15-16H2,1-2H3,(H,33,34)(H2,30,31,32,38). The van der Waals surface area contributed by atoms with Gasteiger partial charge in [-0.3, -0.25) is 20.0 Å². The maximum atomic E-state index is 14.4. The fraction of sp³-hybridized carbons (Fsp3) is 0.286. The van der Waals surface area contributed by atoms with E-state index < -0.39 is 0 Å². The van der Waals surface area contributed by atoms with Gasteiger partial charge in [-0.2, -0.15) is 10.2 Å². The number of methoxy groups -OCH3 is 1. The van der Waals surface area contributed by atoms with Crippen LogP contribution in [0.15, 0.2) is 54.9 Å². The molecular weight excluding hydrogens is 499 g/mol. The largest absolute Gasteiger partial charge is 0.496 e. The van der Waals surface area contributed by atoms with Crippen LogP contribution in [0.2, 0.25) is 0 Å². The number of H-pyrrole nitrogens is 1. The first-order chi connectivity index (χ1) is 19.0. The molecule has 0 spiro atoms. The number of rotatable bonds is 6. The lowest BCUT2D eigenvalue weighted by molar-refractivity contribution is 0.180. The number of piperidine rings is 1. The number of amides is 2. The number of carbonyl (C=O) groups is 1. The number of hydrogen-bond acceptors (Lipinski definition) is 6. The molecule has 1 atom stereocenters. The molecule has 1 fully saturated rings. The second-order valence-corrected chi connectivity index (χ2v) is 9.86. The van der Waals surface area contributed by atoms with Crippen molar-refractivity contribution in [1.82, 2.24) is 35.2 Å². The van der Waals surface area contributed by atoms with Crippen LogP contribution in [0.3, 0.4) is 0 Å². The topological polar surface area (TPSA) is 113 Å². The predicted octanol–water partition coefficient (Wildman–Crippen LogP) is 4.45. The molecule has 11 heteroatoms. The fourth-order valence-electron chi connectivity index (χ4n) is 5.26. The molecule has 3 aromatic heterocycles. The summed E-state index contributed by atoms with van der Waals surface area (Å²) >= 11 is 0. The third-order valence-electron chi connectivity index (χ3n) is 7.10. The molecule has 0 radical (unpaired) electrons. The van der Waals surface area contributed by atoms with Gasteiger partial charge in [0.2, 0.25) is 0 Å². The molecule has 200 valence electrons. The molecule has 6 rings (SSSR count). The maximum Gasteiger partial charge on any atom is 0.320 e. The van der Waals surface area contributed by atoms with E-state index in [9.17, 15) is 9.18 Å². The minimum atomic E-state index is -0.334. The summed E-state index contributed by atoms with van der Waals surface area (Å²) in [5, 5.41) is 19.7. The predicted molar refractivity (Wildman–Crippen MR) is 147 cm³/mol. The maximum absolute atomic E-state index is 14.4. The minimum Gasteiger partial charge on any atom is -0.496 e. The van der Waals surface area contributed by atoms with Crippen LogP contribution in [-0.2, 0) is 13.6 Å². The van der Waals surface area contributed by atoms with Crippen LogP contribution in [0.1, 0.15) is 18.4 Å². The zero-order chi connectivity index (χ0) is 26.9. The third kappa shape index (κ3) is 5.13. The van der Waals surface area contributed by atoms with Crippen LogP contribution in [0.5, 0.6) is 5.75 Å². The highest BCUT2D eigenvalue weighted by Crippen LogP contribution is 2.29. The number of aromatic amines is 1. The number of nitrogens with one attached hydrogen (secondary N) is 3. The Morgan fingerprint density at radius 1 is 1.26 bits per heavy atom. The number of anilines is 1. The normalized spacial score (nSPS) is 16.0. The van der Waals surface area contributed by atoms with Crippen molar-refractivity contribution in [1.29, 1.82) is 0 Å². The summed E-state index contributed by atoms with van der Waals surface area (Å²) in [5.41, 5.74) is 3.96. The van der Waals surface area contributed by atoms with Crippen LogP contribution < -0.4 is 15.4 Å². The Morgan fingerprint density at radius 2 is 2.15 bits per heavy atom. The van der Waals surface area contributed by atoms with Crippen molar-refractivity contribution < 1.29 is 13.9 Å². The Hall–Kier alpha value is -4.51. The Morgan fingerprint density at radius 3 is 3.03 bits per heavy atom. The first kappa shape index (κ1) is 24.8. The number of aryl methyl sites for hydroxylation is 1. The summed E-state index contributed by atoms with van der Waals surface area (Å²) in [6.07, 6.45) is 5.42. The average Bonchev–Trinajstić information content (AvgIpc) is 3.51. The molecule has 1 unspecified atom stereocenters. The molecule has 3 N–H and O–H groups in total. The highest BCUT2D eigenvalue weighted by molar-refractivity contribution is 5.97. The number of halogens is 1. The molecule has 0 saturated carbocycles. The quantitative estimate of drug-likeness (QED) is 0.300. The number of fused-ring (bicyclic) bond motifs is 2. The zero-order valence-electron chi connectivity index (χ0n) is 21.7. The Bertz CT molecular complexity index is 1660. The second-order valence-electron chi connectivity index (χ2n) is 9.86. The number of urea groups is 1. The summed E-state index contributed by atoms with van der Waals surface area (Å²) in [6, 6.07) is 12.2. The Kier molecular flexibility index (Phi) is 6.57. The highest BCUT2D eigenvalue weighted by Gasteiger charge is 2.24. The van der Waals surface area contributed by atoms with Gasteiger partial charge < -0.3 is 10.1 Å². The number of benzene rings is 2.